The third kappa shape index (κ3) is 2.00. The molecule has 1 aromatic heterocycles. The Hall–Kier alpha value is -0.850. The van der Waals surface area contributed by atoms with Gasteiger partial charge in [0.2, 0.25) is 5.95 Å². The molecule has 2 N–H and O–H groups in total. The second-order valence-corrected chi connectivity index (χ2v) is 4.89. The Morgan fingerprint density at radius 1 is 1.50 bits per heavy atom. The number of anilines is 1. The number of aryl methyl sites for hydroxylation is 1. The molecule has 16 heavy (non-hydrogen) atoms. The van der Waals surface area contributed by atoms with Crippen LogP contribution in [0.15, 0.2) is 12.1 Å². The summed E-state index contributed by atoms with van der Waals surface area (Å²) in [6.45, 7) is 2.90. The van der Waals surface area contributed by atoms with Gasteiger partial charge < -0.3 is 10.3 Å². The van der Waals surface area contributed by atoms with Crippen molar-refractivity contribution in [1.82, 2.24) is 9.55 Å². The van der Waals surface area contributed by atoms with Crippen LogP contribution in [0, 0.1) is 9.39 Å². The van der Waals surface area contributed by atoms with Gasteiger partial charge in [0.05, 0.1) is 14.6 Å². The van der Waals surface area contributed by atoms with Gasteiger partial charge in [-0.3, -0.25) is 0 Å². The second kappa shape index (κ2) is 4.57. The molecule has 0 aliphatic rings. The number of halogens is 2. The molecule has 0 unspecified atom stereocenters. The summed E-state index contributed by atoms with van der Waals surface area (Å²) in [5, 5.41) is 0. The summed E-state index contributed by atoms with van der Waals surface area (Å²) in [6, 6.07) is 3.24. The number of nitrogens with two attached hydrogens (primary N) is 1. The predicted octanol–water partition coefficient (Wildman–Crippen LogP) is 3.16. The topological polar surface area (TPSA) is 43.8 Å². The van der Waals surface area contributed by atoms with Crippen LogP contribution < -0.4 is 5.73 Å². The van der Waals surface area contributed by atoms with Crippen molar-refractivity contribution >= 4 is 39.6 Å². The standard InChI is InChI=1S/C11H13FIN3/c1-2-3-4-16-10-5-7(12)8(13)6-9(10)15-11(16)14/h5-6H,2-4H2,1H3,(H2,14,15). The molecule has 0 spiro atoms. The lowest BCUT2D eigenvalue weighted by atomic mass is 10.3. The van der Waals surface area contributed by atoms with E-state index in [1.807, 2.05) is 27.2 Å². The largest absolute Gasteiger partial charge is 0.369 e. The highest BCUT2D eigenvalue weighted by Crippen LogP contribution is 2.23. The second-order valence-electron chi connectivity index (χ2n) is 3.73. The number of benzene rings is 1. The molecule has 0 aliphatic carbocycles. The number of fused-ring (bicyclic) bond motifs is 1. The highest BCUT2D eigenvalue weighted by Gasteiger charge is 2.10. The van der Waals surface area contributed by atoms with Gasteiger partial charge in [-0.05, 0) is 35.1 Å². The van der Waals surface area contributed by atoms with Crippen LogP contribution in [0.2, 0.25) is 0 Å². The number of hydrogen-bond donors (Lipinski definition) is 1. The number of imidazole rings is 1. The first kappa shape index (κ1) is 11.6. The SMILES string of the molecule is CCCCn1c(N)nc2cc(I)c(F)cc21. The number of hydrogen-bond acceptors (Lipinski definition) is 2. The first-order chi connectivity index (χ1) is 7.63. The van der Waals surface area contributed by atoms with Gasteiger partial charge in [0.1, 0.15) is 5.82 Å². The van der Waals surface area contributed by atoms with Gasteiger partial charge in [0, 0.05) is 12.6 Å². The van der Waals surface area contributed by atoms with E-state index in [9.17, 15) is 4.39 Å². The van der Waals surface area contributed by atoms with Crippen LogP contribution in [0.5, 0.6) is 0 Å². The summed E-state index contributed by atoms with van der Waals surface area (Å²) in [7, 11) is 0. The number of nitrogen functional groups attached to an aromatic ring is 1. The summed E-state index contributed by atoms with van der Waals surface area (Å²) in [5.41, 5.74) is 7.37. The van der Waals surface area contributed by atoms with Gasteiger partial charge in [0.15, 0.2) is 0 Å². The van der Waals surface area contributed by atoms with E-state index < -0.39 is 0 Å². The Balaban J connectivity index is 2.55. The van der Waals surface area contributed by atoms with Crippen molar-refractivity contribution < 1.29 is 4.39 Å². The quantitative estimate of drug-likeness (QED) is 0.877. The number of rotatable bonds is 3. The number of unbranched alkanes of at least 4 members (excludes halogenated alkanes) is 1. The van der Waals surface area contributed by atoms with Crippen molar-refractivity contribution in [3.05, 3.63) is 21.5 Å². The van der Waals surface area contributed by atoms with Crippen molar-refractivity contribution in [1.29, 1.82) is 0 Å². The van der Waals surface area contributed by atoms with E-state index in [0.717, 1.165) is 30.4 Å². The molecular weight excluding hydrogens is 320 g/mol. The molecule has 2 rings (SSSR count). The van der Waals surface area contributed by atoms with Crippen LogP contribution in [0.3, 0.4) is 0 Å². The fraction of sp³-hybridized carbons (Fsp3) is 0.364. The molecule has 0 bridgehead atoms. The smallest absolute Gasteiger partial charge is 0.201 e. The first-order valence-electron chi connectivity index (χ1n) is 5.24. The lowest BCUT2D eigenvalue weighted by Crippen LogP contribution is -2.03. The van der Waals surface area contributed by atoms with Crippen LogP contribution in [-0.2, 0) is 6.54 Å². The normalized spacial score (nSPS) is 11.2. The highest BCUT2D eigenvalue weighted by atomic mass is 127. The third-order valence-electron chi connectivity index (χ3n) is 2.56. The van der Waals surface area contributed by atoms with Crippen molar-refractivity contribution in [2.24, 2.45) is 0 Å². The molecule has 0 aliphatic heterocycles. The number of nitrogens with zero attached hydrogens (tertiary/aromatic N) is 2. The molecule has 5 heteroatoms. The van der Waals surface area contributed by atoms with Gasteiger partial charge in [-0.1, -0.05) is 13.3 Å². The van der Waals surface area contributed by atoms with Gasteiger partial charge in [-0.2, -0.15) is 0 Å². The van der Waals surface area contributed by atoms with Gasteiger partial charge in [0.25, 0.3) is 0 Å². The third-order valence-corrected chi connectivity index (χ3v) is 3.38. The summed E-state index contributed by atoms with van der Waals surface area (Å²) >= 11 is 1.96. The minimum absolute atomic E-state index is 0.217. The monoisotopic (exact) mass is 333 g/mol. The highest BCUT2D eigenvalue weighted by molar-refractivity contribution is 14.1. The average molecular weight is 333 g/mol. The molecule has 2 aromatic rings. The van der Waals surface area contributed by atoms with Crippen LogP contribution in [-0.4, -0.2) is 9.55 Å². The number of aromatic nitrogens is 2. The van der Waals surface area contributed by atoms with E-state index >= 15 is 0 Å². The molecule has 0 amide bonds. The summed E-state index contributed by atoms with van der Waals surface area (Å²) in [5.74, 6) is 0.246. The molecule has 0 saturated carbocycles. The Bertz CT molecular complexity index is 521. The van der Waals surface area contributed by atoms with E-state index in [0.29, 0.717) is 9.52 Å². The zero-order chi connectivity index (χ0) is 11.7. The fourth-order valence-electron chi connectivity index (χ4n) is 1.69. The molecule has 1 heterocycles. The molecule has 0 fully saturated rings. The maximum atomic E-state index is 13.5. The molecule has 86 valence electrons. The molecular formula is C11H13FIN3. The molecule has 3 nitrogen and oxygen atoms in total. The molecule has 0 radical (unpaired) electrons. The van der Waals surface area contributed by atoms with Crippen molar-refractivity contribution in [2.75, 3.05) is 5.73 Å². The van der Waals surface area contributed by atoms with Crippen LogP contribution in [0.1, 0.15) is 19.8 Å². The van der Waals surface area contributed by atoms with Crippen molar-refractivity contribution in [2.45, 2.75) is 26.3 Å². The van der Waals surface area contributed by atoms with Gasteiger partial charge in [-0.25, -0.2) is 9.37 Å². The van der Waals surface area contributed by atoms with E-state index in [1.54, 1.807) is 6.07 Å². The Labute approximate surface area is 107 Å². The van der Waals surface area contributed by atoms with Crippen LogP contribution in [0.4, 0.5) is 10.3 Å². The molecule has 0 atom stereocenters. The fourth-order valence-corrected chi connectivity index (χ4v) is 2.14. The predicted molar refractivity (Wildman–Crippen MR) is 71.7 cm³/mol. The summed E-state index contributed by atoms with van der Waals surface area (Å²) in [4.78, 5) is 4.24. The molecule has 0 saturated heterocycles. The van der Waals surface area contributed by atoms with E-state index in [1.165, 1.54) is 6.07 Å². The Morgan fingerprint density at radius 2 is 2.25 bits per heavy atom. The first-order valence-corrected chi connectivity index (χ1v) is 6.32. The van der Waals surface area contributed by atoms with E-state index in [2.05, 4.69) is 11.9 Å². The average Bonchev–Trinajstić information content (AvgIpc) is 2.52. The zero-order valence-corrected chi connectivity index (χ0v) is 11.2. The minimum atomic E-state index is -0.217. The van der Waals surface area contributed by atoms with Gasteiger partial charge >= 0.3 is 0 Å². The zero-order valence-electron chi connectivity index (χ0n) is 9.00. The molecule has 1 aromatic carbocycles. The maximum Gasteiger partial charge on any atom is 0.201 e. The minimum Gasteiger partial charge on any atom is -0.369 e. The Morgan fingerprint density at radius 3 is 2.94 bits per heavy atom. The summed E-state index contributed by atoms with van der Waals surface area (Å²) in [6.07, 6.45) is 2.09. The summed E-state index contributed by atoms with van der Waals surface area (Å²) < 4.78 is 15.9. The van der Waals surface area contributed by atoms with Crippen LogP contribution >= 0.6 is 22.6 Å². The Kier molecular flexibility index (Phi) is 3.32. The lowest BCUT2D eigenvalue weighted by Gasteiger charge is -2.05. The lowest BCUT2D eigenvalue weighted by molar-refractivity contribution is 0.618. The van der Waals surface area contributed by atoms with Crippen LogP contribution in [0.25, 0.3) is 11.0 Å². The van der Waals surface area contributed by atoms with E-state index in [4.69, 9.17) is 5.73 Å². The maximum absolute atomic E-state index is 13.5. The van der Waals surface area contributed by atoms with Crippen molar-refractivity contribution in [3.8, 4) is 0 Å². The van der Waals surface area contributed by atoms with Gasteiger partial charge in [-0.15, -0.1) is 0 Å². The van der Waals surface area contributed by atoms with Crippen molar-refractivity contribution in [3.63, 3.8) is 0 Å². The van der Waals surface area contributed by atoms with E-state index in [-0.39, 0.29) is 5.82 Å².